The van der Waals surface area contributed by atoms with Gasteiger partial charge in [0.25, 0.3) is 0 Å². The number of thioether (sulfide) groups is 1. The first-order valence-electron chi connectivity index (χ1n) is 7.74. The van der Waals surface area contributed by atoms with Gasteiger partial charge < -0.3 is 9.73 Å². The number of aromatic nitrogens is 3. The van der Waals surface area contributed by atoms with E-state index in [1.165, 1.54) is 11.8 Å². The first-order valence-corrected chi connectivity index (χ1v) is 9.10. The lowest BCUT2D eigenvalue weighted by molar-refractivity contribution is -0.113. The maximum absolute atomic E-state index is 12.2. The van der Waals surface area contributed by atoms with Crippen molar-refractivity contribution >= 4 is 35.0 Å². The van der Waals surface area contributed by atoms with E-state index in [1.54, 1.807) is 18.4 Å². The van der Waals surface area contributed by atoms with Gasteiger partial charge in [-0.3, -0.25) is 9.36 Å². The molecule has 0 saturated carbocycles. The highest BCUT2D eigenvalue weighted by Gasteiger charge is 2.16. The molecule has 0 fully saturated rings. The molecular weight excluding hydrogens is 360 g/mol. The van der Waals surface area contributed by atoms with Crippen LogP contribution in [0, 0.1) is 6.92 Å². The summed E-state index contributed by atoms with van der Waals surface area (Å²) in [5.74, 6) is 1.36. The van der Waals surface area contributed by atoms with Crippen LogP contribution < -0.4 is 5.32 Å². The van der Waals surface area contributed by atoms with Gasteiger partial charge in [0.05, 0.1) is 22.7 Å². The average Bonchev–Trinajstić information content (AvgIpc) is 3.24. The van der Waals surface area contributed by atoms with Gasteiger partial charge in [-0.2, -0.15) is 0 Å². The Labute approximate surface area is 154 Å². The van der Waals surface area contributed by atoms with Crippen molar-refractivity contribution in [2.75, 3.05) is 11.1 Å². The van der Waals surface area contributed by atoms with Crippen LogP contribution >= 0.6 is 23.4 Å². The molecule has 0 unspecified atom stereocenters. The fourth-order valence-electron chi connectivity index (χ4n) is 2.31. The first kappa shape index (κ1) is 17.6. The fourth-order valence-corrected chi connectivity index (χ4v) is 3.39. The summed E-state index contributed by atoms with van der Waals surface area (Å²) in [6, 6.07) is 9.14. The molecule has 0 aliphatic rings. The van der Waals surface area contributed by atoms with Crippen molar-refractivity contribution in [2.24, 2.45) is 0 Å². The number of aryl methyl sites for hydroxylation is 1. The van der Waals surface area contributed by atoms with Gasteiger partial charge in [0.1, 0.15) is 0 Å². The summed E-state index contributed by atoms with van der Waals surface area (Å²) in [4.78, 5) is 12.2. The number of nitrogens with zero attached hydrogens (tertiary/aromatic N) is 3. The van der Waals surface area contributed by atoms with Crippen molar-refractivity contribution in [2.45, 2.75) is 25.5 Å². The highest BCUT2D eigenvalue weighted by molar-refractivity contribution is 7.99. The monoisotopic (exact) mass is 376 g/mol. The molecule has 0 atom stereocenters. The van der Waals surface area contributed by atoms with Crippen molar-refractivity contribution < 1.29 is 9.21 Å². The lowest BCUT2D eigenvalue weighted by atomic mass is 10.2. The second-order valence-electron chi connectivity index (χ2n) is 5.35. The molecule has 1 amide bonds. The van der Waals surface area contributed by atoms with Gasteiger partial charge >= 0.3 is 0 Å². The molecule has 3 rings (SSSR count). The normalized spacial score (nSPS) is 10.8. The number of nitrogens with one attached hydrogen (secondary N) is 1. The van der Waals surface area contributed by atoms with E-state index in [0.29, 0.717) is 34.0 Å². The van der Waals surface area contributed by atoms with E-state index >= 15 is 0 Å². The molecule has 0 aliphatic heterocycles. The third kappa shape index (κ3) is 4.05. The Kier molecular flexibility index (Phi) is 5.45. The molecule has 1 aromatic carbocycles. The third-order valence-electron chi connectivity index (χ3n) is 3.51. The standard InChI is InChI=1S/C17H17ClN4O2S/c1-3-22-16(14-5-4-8-24-14)20-21-17(22)25-10-15(23)19-13-7-6-11(2)9-12(13)18/h4-9H,3,10H2,1-2H3,(H,19,23). The van der Waals surface area contributed by atoms with Gasteiger partial charge in [0.2, 0.25) is 5.91 Å². The van der Waals surface area contributed by atoms with Crippen LogP contribution in [-0.4, -0.2) is 26.4 Å². The number of carbonyl (C=O) groups excluding carboxylic acids is 1. The van der Waals surface area contributed by atoms with Gasteiger partial charge in [-0.05, 0) is 43.7 Å². The fraction of sp³-hybridized carbons (Fsp3) is 0.235. The summed E-state index contributed by atoms with van der Waals surface area (Å²) < 4.78 is 7.29. The Balaban J connectivity index is 1.66. The molecule has 0 bridgehead atoms. The Bertz CT molecular complexity index is 877. The zero-order chi connectivity index (χ0) is 17.8. The molecule has 0 saturated heterocycles. The van der Waals surface area contributed by atoms with E-state index in [-0.39, 0.29) is 11.7 Å². The maximum atomic E-state index is 12.2. The van der Waals surface area contributed by atoms with Crippen molar-refractivity contribution in [3.05, 3.63) is 47.2 Å². The number of anilines is 1. The molecule has 1 N–H and O–H groups in total. The summed E-state index contributed by atoms with van der Waals surface area (Å²) in [6.45, 7) is 4.62. The van der Waals surface area contributed by atoms with Crippen molar-refractivity contribution in [1.29, 1.82) is 0 Å². The summed E-state index contributed by atoms with van der Waals surface area (Å²) in [5.41, 5.74) is 1.64. The smallest absolute Gasteiger partial charge is 0.234 e. The van der Waals surface area contributed by atoms with Crippen molar-refractivity contribution in [3.63, 3.8) is 0 Å². The quantitative estimate of drug-likeness (QED) is 0.651. The molecule has 2 aromatic heterocycles. The number of halogens is 1. The van der Waals surface area contributed by atoms with Crippen LogP contribution in [0.3, 0.4) is 0 Å². The number of benzene rings is 1. The van der Waals surface area contributed by atoms with E-state index < -0.39 is 0 Å². The molecule has 25 heavy (non-hydrogen) atoms. The van der Waals surface area contributed by atoms with Crippen molar-refractivity contribution in [3.8, 4) is 11.6 Å². The number of hydrogen-bond acceptors (Lipinski definition) is 5. The van der Waals surface area contributed by atoms with E-state index in [1.807, 2.05) is 36.6 Å². The minimum Gasteiger partial charge on any atom is -0.461 e. The summed E-state index contributed by atoms with van der Waals surface area (Å²) >= 11 is 7.46. The van der Waals surface area contributed by atoms with Crippen LogP contribution in [0.2, 0.25) is 5.02 Å². The lowest BCUT2D eigenvalue weighted by Gasteiger charge is -2.08. The largest absolute Gasteiger partial charge is 0.461 e. The summed E-state index contributed by atoms with van der Waals surface area (Å²) in [7, 11) is 0. The van der Waals surface area contributed by atoms with E-state index in [2.05, 4.69) is 15.5 Å². The molecule has 6 nitrogen and oxygen atoms in total. The van der Waals surface area contributed by atoms with E-state index in [0.717, 1.165) is 5.56 Å². The van der Waals surface area contributed by atoms with Gasteiger partial charge in [0.15, 0.2) is 16.7 Å². The number of carbonyl (C=O) groups is 1. The van der Waals surface area contributed by atoms with Gasteiger partial charge in [-0.15, -0.1) is 10.2 Å². The second-order valence-corrected chi connectivity index (χ2v) is 6.70. The Morgan fingerprint density at radius 3 is 2.88 bits per heavy atom. The lowest BCUT2D eigenvalue weighted by Crippen LogP contribution is -2.15. The Morgan fingerprint density at radius 2 is 2.20 bits per heavy atom. The van der Waals surface area contributed by atoms with E-state index in [9.17, 15) is 4.79 Å². The SMILES string of the molecule is CCn1c(SCC(=O)Nc2ccc(C)cc2Cl)nnc1-c1ccco1. The van der Waals surface area contributed by atoms with Crippen LogP contribution in [-0.2, 0) is 11.3 Å². The minimum absolute atomic E-state index is 0.152. The summed E-state index contributed by atoms with van der Waals surface area (Å²) in [6.07, 6.45) is 1.59. The van der Waals surface area contributed by atoms with Crippen LogP contribution in [0.4, 0.5) is 5.69 Å². The zero-order valence-electron chi connectivity index (χ0n) is 13.8. The first-order chi connectivity index (χ1) is 12.1. The minimum atomic E-state index is -0.152. The average molecular weight is 377 g/mol. The zero-order valence-corrected chi connectivity index (χ0v) is 15.4. The van der Waals surface area contributed by atoms with Gasteiger partial charge in [0, 0.05) is 6.54 Å². The van der Waals surface area contributed by atoms with Gasteiger partial charge in [-0.1, -0.05) is 29.4 Å². The number of rotatable bonds is 6. The molecule has 8 heteroatoms. The third-order valence-corrected chi connectivity index (χ3v) is 4.79. The topological polar surface area (TPSA) is 73.0 Å². The molecule has 2 heterocycles. The van der Waals surface area contributed by atoms with E-state index in [4.69, 9.17) is 16.0 Å². The summed E-state index contributed by atoms with van der Waals surface area (Å²) in [5, 5.41) is 12.3. The highest BCUT2D eigenvalue weighted by atomic mass is 35.5. The number of hydrogen-bond donors (Lipinski definition) is 1. The molecule has 0 spiro atoms. The van der Waals surface area contributed by atoms with Crippen LogP contribution in [0.1, 0.15) is 12.5 Å². The molecule has 130 valence electrons. The molecule has 0 radical (unpaired) electrons. The molecule has 3 aromatic rings. The second kappa shape index (κ2) is 7.76. The van der Waals surface area contributed by atoms with Gasteiger partial charge in [-0.25, -0.2) is 0 Å². The van der Waals surface area contributed by atoms with Crippen LogP contribution in [0.25, 0.3) is 11.6 Å². The number of amides is 1. The molecule has 0 aliphatic carbocycles. The molecular formula is C17H17ClN4O2S. The maximum Gasteiger partial charge on any atom is 0.234 e. The van der Waals surface area contributed by atoms with Crippen molar-refractivity contribution in [1.82, 2.24) is 14.8 Å². The highest BCUT2D eigenvalue weighted by Crippen LogP contribution is 2.26. The Morgan fingerprint density at radius 1 is 1.36 bits per heavy atom. The predicted octanol–water partition coefficient (Wildman–Crippen LogP) is 4.25. The van der Waals surface area contributed by atoms with Crippen LogP contribution in [0.15, 0.2) is 46.2 Å². The predicted molar refractivity (Wildman–Crippen MR) is 98.9 cm³/mol. The number of furan rings is 1. The van der Waals surface area contributed by atoms with Crippen LogP contribution in [0.5, 0.6) is 0 Å². The Hall–Kier alpha value is -2.25.